The minimum Gasteiger partial charge on any atom is -0.264 e. The van der Waals surface area contributed by atoms with E-state index in [-0.39, 0.29) is 0 Å². The zero-order valence-corrected chi connectivity index (χ0v) is 24.1. The molecule has 0 N–H and O–H groups in total. The molecule has 0 unspecified atom stereocenters. The second kappa shape index (κ2) is 14.9. The van der Waals surface area contributed by atoms with Gasteiger partial charge in [-0.1, -0.05) is 99.2 Å². The van der Waals surface area contributed by atoms with E-state index in [1.165, 1.54) is 55.7 Å². The quantitative estimate of drug-likeness (QED) is 0.238. The van der Waals surface area contributed by atoms with Gasteiger partial charge in [0.1, 0.15) is 0 Å². The SMILES string of the molecule is C\C=C/C(=C\C(=C\C)c1cnccc1CCC)c1cccc(C/C=C(\C=C/CC)c2ccc(C)c(C)c2)c1. The Balaban J connectivity index is 1.97. The molecule has 0 aliphatic rings. The number of benzene rings is 2. The van der Waals surface area contributed by atoms with E-state index >= 15 is 0 Å². The standard InChI is InChI=1S/C37H43N/c1-7-11-16-32(36-20-18-28(5)29(6)24-36)21-19-30-15-12-17-35(25-30)34(14-9-3)26-31(10-4)37-27-38-23-22-33(37)13-8-2/h9-12,14-18,20-27H,7-8,13,19H2,1-6H3/b14-9-,16-11-,31-10-,32-21+,34-26+. The van der Waals surface area contributed by atoms with E-state index in [4.69, 9.17) is 0 Å². The predicted molar refractivity (Wildman–Crippen MR) is 168 cm³/mol. The van der Waals surface area contributed by atoms with Crippen molar-refractivity contribution in [3.8, 4) is 0 Å². The average Bonchev–Trinajstić information content (AvgIpc) is 2.93. The van der Waals surface area contributed by atoms with Gasteiger partial charge in [0.2, 0.25) is 0 Å². The van der Waals surface area contributed by atoms with E-state index in [2.05, 4.69) is 138 Å². The van der Waals surface area contributed by atoms with Gasteiger partial charge >= 0.3 is 0 Å². The number of pyridine rings is 1. The molecule has 0 saturated heterocycles. The molecule has 0 spiro atoms. The molecule has 1 nitrogen and oxygen atoms in total. The third kappa shape index (κ3) is 7.89. The fraction of sp³-hybridized carbons (Fsp3) is 0.270. The van der Waals surface area contributed by atoms with Crippen LogP contribution in [0.1, 0.15) is 79.5 Å². The van der Waals surface area contributed by atoms with Crippen LogP contribution < -0.4 is 0 Å². The molecule has 0 atom stereocenters. The minimum absolute atomic E-state index is 0.882. The van der Waals surface area contributed by atoms with Crippen LogP contribution in [-0.4, -0.2) is 4.98 Å². The first-order chi connectivity index (χ1) is 18.5. The highest BCUT2D eigenvalue weighted by molar-refractivity contribution is 5.88. The maximum absolute atomic E-state index is 4.43. The fourth-order valence-corrected chi connectivity index (χ4v) is 4.62. The molecule has 1 heteroatoms. The first kappa shape index (κ1) is 28.9. The summed E-state index contributed by atoms with van der Waals surface area (Å²) < 4.78 is 0. The van der Waals surface area contributed by atoms with E-state index < -0.39 is 0 Å². The highest BCUT2D eigenvalue weighted by Gasteiger charge is 2.08. The van der Waals surface area contributed by atoms with Crippen LogP contribution in [0.25, 0.3) is 16.7 Å². The van der Waals surface area contributed by atoms with Gasteiger partial charge in [-0.05, 0) is 109 Å². The van der Waals surface area contributed by atoms with E-state index in [1.807, 2.05) is 12.4 Å². The molecular weight excluding hydrogens is 458 g/mol. The van der Waals surface area contributed by atoms with Crippen molar-refractivity contribution in [2.45, 2.75) is 67.2 Å². The Morgan fingerprint density at radius 2 is 1.66 bits per heavy atom. The van der Waals surface area contributed by atoms with Crippen LogP contribution in [0.5, 0.6) is 0 Å². The molecular formula is C37H43N. The summed E-state index contributed by atoms with van der Waals surface area (Å²) in [6.07, 6.45) is 23.7. The Morgan fingerprint density at radius 1 is 0.842 bits per heavy atom. The second-order valence-corrected chi connectivity index (χ2v) is 9.80. The smallest absolute Gasteiger partial charge is 0.0348 e. The maximum Gasteiger partial charge on any atom is 0.0348 e. The lowest BCUT2D eigenvalue weighted by molar-refractivity contribution is 0.914. The number of allylic oxidation sites excluding steroid dienone is 10. The van der Waals surface area contributed by atoms with Gasteiger partial charge in [-0.2, -0.15) is 0 Å². The van der Waals surface area contributed by atoms with Crippen molar-refractivity contribution in [2.75, 3.05) is 0 Å². The van der Waals surface area contributed by atoms with E-state index in [9.17, 15) is 0 Å². The highest BCUT2D eigenvalue weighted by atomic mass is 14.6. The van der Waals surface area contributed by atoms with Gasteiger partial charge in [-0.25, -0.2) is 0 Å². The molecule has 1 heterocycles. The van der Waals surface area contributed by atoms with Crippen molar-refractivity contribution in [2.24, 2.45) is 0 Å². The van der Waals surface area contributed by atoms with Crippen LogP contribution in [0.4, 0.5) is 0 Å². The summed E-state index contributed by atoms with van der Waals surface area (Å²) in [5.74, 6) is 0. The molecule has 0 radical (unpaired) electrons. The van der Waals surface area contributed by atoms with Crippen LogP contribution in [0.3, 0.4) is 0 Å². The Kier molecular flexibility index (Phi) is 11.3. The first-order valence-corrected chi connectivity index (χ1v) is 14.0. The summed E-state index contributed by atoms with van der Waals surface area (Å²) in [5, 5.41) is 0. The van der Waals surface area contributed by atoms with Crippen molar-refractivity contribution in [1.29, 1.82) is 0 Å². The van der Waals surface area contributed by atoms with Crippen LogP contribution in [-0.2, 0) is 12.8 Å². The molecule has 0 fully saturated rings. The fourth-order valence-electron chi connectivity index (χ4n) is 4.62. The molecule has 2 aromatic carbocycles. The summed E-state index contributed by atoms with van der Waals surface area (Å²) in [7, 11) is 0. The number of hydrogen-bond donors (Lipinski definition) is 0. The van der Waals surface area contributed by atoms with Crippen molar-refractivity contribution in [1.82, 2.24) is 4.98 Å². The Morgan fingerprint density at radius 3 is 2.37 bits per heavy atom. The summed E-state index contributed by atoms with van der Waals surface area (Å²) in [6.45, 7) is 13.0. The third-order valence-corrected chi connectivity index (χ3v) is 6.90. The lowest BCUT2D eigenvalue weighted by Gasteiger charge is -2.12. The predicted octanol–water partition coefficient (Wildman–Crippen LogP) is 10.3. The molecule has 0 saturated carbocycles. The number of aryl methyl sites for hydroxylation is 3. The monoisotopic (exact) mass is 501 g/mol. The van der Waals surface area contributed by atoms with E-state index in [1.54, 1.807) is 0 Å². The van der Waals surface area contributed by atoms with Crippen LogP contribution in [0, 0.1) is 13.8 Å². The second-order valence-electron chi connectivity index (χ2n) is 9.80. The first-order valence-electron chi connectivity index (χ1n) is 14.0. The van der Waals surface area contributed by atoms with Crippen molar-refractivity contribution < 1.29 is 0 Å². The molecule has 38 heavy (non-hydrogen) atoms. The van der Waals surface area contributed by atoms with Gasteiger partial charge < -0.3 is 0 Å². The van der Waals surface area contributed by atoms with E-state index in [0.29, 0.717) is 0 Å². The van der Waals surface area contributed by atoms with Crippen molar-refractivity contribution in [3.63, 3.8) is 0 Å². The van der Waals surface area contributed by atoms with Gasteiger partial charge in [0.15, 0.2) is 0 Å². The molecule has 0 aliphatic carbocycles. The zero-order valence-electron chi connectivity index (χ0n) is 24.1. The van der Waals surface area contributed by atoms with Crippen molar-refractivity contribution in [3.05, 3.63) is 142 Å². The maximum atomic E-state index is 4.43. The van der Waals surface area contributed by atoms with E-state index in [0.717, 1.165) is 25.7 Å². The summed E-state index contributed by atoms with van der Waals surface area (Å²) in [4.78, 5) is 4.43. The number of aromatic nitrogens is 1. The van der Waals surface area contributed by atoms with Gasteiger partial charge in [-0.3, -0.25) is 4.98 Å². The minimum atomic E-state index is 0.882. The highest BCUT2D eigenvalue weighted by Crippen LogP contribution is 2.27. The lowest BCUT2D eigenvalue weighted by atomic mass is 9.93. The van der Waals surface area contributed by atoms with Gasteiger partial charge in [0, 0.05) is 18.0 Å². The topological polar surface area (TPSA) is 12.9 Å². The van der Waals surface area contributed by atoms with Gasteiger partial charge in [0.05, 0.1) is 0 Å². The summed E-state index contributed by atoms with van der Waals surface area (Å²) in [6, 6.07) is 17.9. The molecule has 0 aliphatic heterocycles. The van der Waals surface area contributed by atoms with Gasteiger partial charge in [0.25, 0.3) is 0 Å². The molecule has 0 bridgehead atoms. The van der Waals surface area contributed by atoms with Crippen molar-refractivity contribution >= 4 is 16.7 Å². The Bertz CT molecular complexity index is 1360. The summed E-state index contributed by atoms with van der Waals surface area (Å²) in [5.41, 5.74) is 12.7. The van der Waals surface area contributed by atoms with Crippen LogP contribution in [0.2, 0.25) is 0 Å². The molecule has 0 amide bonds. The molecule has 3 rings (SSSR count). The Hall–Kier alpha value is -3.71. The number of nitrogens with zero attached hydrogens (tertiary/aromatic N) is 1. The molecule has 1 aromatic heterocycles. The normalized spacial score (nSPS) is 13.2. The summed E-state index contributed by atoms with van der Waals surface area (Å²) >= 11 is 0. The van der Waals surface area contributed by atoms with Crippen LogP contribution in [0.15, 0.2) is 103 Å². The molecule has 3 aromatic rings. The Labute approximate surface area is 231 Å². The molecule has 196 valence electrons. The number of hydrogen-bond acceptors (Lipinski definition) is 1. The average molecular weight is 502 g/mol. The largest absolute Gasteiger partial charge is 0.264 e. The van der Waals surface area contributed by atoms with Gasteiger partial charge in [-0.15, -0.1) is 0 Å². The number of rotatable bonds is 11. The third-order valence-electron chi connectivity index (χ3n) is 6.90. The van der Waals surface area contributed by atoms with Crippen LogP contribution >= 0.6 is 0 Å². The lowest BCUT2D eigenvalue weighted by Crippen LogP contribution is -1.95. The zero-order chi connectivity index (χ0) is 27.3.